The fourth-order valence-corrected chi connectivity index (χ4v) is 1.22. The molecule has 0 spiro atoms. The summed E-state index contributed by atoms with van der Waals surface area (Å²) in [5, 5.41) is 14.2. The first-order valence-corrected chi connectivity index (χ1v) is 4.57. The number of aliphatic carboxylic acids is 1. The molecule has 0 heterocycles. The minimum atomic E-state index is -1.04. The Kier molecular flexibility index (Phi) is 6.82. The second kappa shape index (κ2) is 7.49. The first kappa shape index (κ1) is 11.8. The Morgan fingerprint density at radius 2 is 2.54 bits per heavy atom. The summed E-state index contributed by atoms with van der Waals surface area (Å²) in [6, 6.07) is -0.704. The van der Waals surface area contributed by atoms with Crippen molar-refractivity contribution in [2.45, 2.75) is 12.5 Å². The number of nitrogens with zero attached hydrogens (tertiary/aromatic N) is 3. The van der Waals surface area contributed by atoms with Crippen LogP contribution in [0.1, 0.15) is 6.42 Å². The number of rotatable bonds is 7. The minimum absolute atomic E-state index is 0.0607. The smallest absolute Gasteiger partial charge is 0.305 e. The van der Waals surface area contributed by atoms with Crippen molar-refractivity contribution in [2.75, 3.05) is 6.29 Å². The lowest BCUT2D eigenvalue weighted by Crippen LogP contribution is -2.26. The summed E-state index contributed by atoms with van der Waals surface area (Å²) in [6.45, 7) is 0. The fraction of sp³-hybridized carbons (Fsp3) is 0.600. The first-order valence-electron chi connectivity index (χ1n) is 3.37. The zero-order valence-electron chi connectivity index (χ0n) is 6.67. The number of hydrogen-bond donors (Lipinski definition) is 2. The third-order valence-corrected chi connectivity index (χ3v) is 1.93. The van der Waals surface area contributed by atoms with Gasteiger partial charge in [0.25, 0.3) is 0 Å². The normalized spacial score (nSPS) is 12.3. The maximum absolute atomic E-state index is 10.3. The molecule has 8 heteroatoms. The van der Waals surface area contributed by atoms with Crippen molar-refractivity contribution in [1.29, 1.82) is 0 Å². The van der Waals surface area contributed by atoms with Crippen molar-refractivity contribution < 1.29 is 14.7 Å². The molecular weight excluding hydrogens is 195 g/mol. The van der Waals surface area contributed by atoms with Gasteiger partial charge in [0.2, 0.25) is 0 Å². The molecular formula is C5H9N4O3P. The number of carboxylic acids is 1. The monoisotopic (exact) mass is 204 g/mol. The number of nitrogens with one attached hydrogen (secondary N) is 1. The Labute approximate surface area is 76.0 Å². The van der Waals surface area contributed by atoms with Crippen LogP contribution in [-0.2, 0) is 9.59 Å². The molecule has 72 valence electrons. The van der Waals surface area contributed by atoms with Gasteiger partial charge in [-0.15, -0.1) is 0 Å². The lowest BCUT2D eigenvalue weighted by atomic mass is 10.2. The summed E-state index contributed by atoms with van der Waals surface area (Å²) in [6.07, 6.45) is 0.491. The predicted octanol–water partition coefficient (Wildman–Crippen LogP) is 0.479. The molecule has 0 aromatic rings. The highest BCUT2D eigenvalue weighted by Crippen LogP contribution is 2.06. The highest BCUT2D eigenvalue weighted by atomic mass is 31.1. The molecule has 2 N–H and O–H groups in total. The van der Waals surface area contributed by atoms with E-state index in [9.17, 15) is 9.59 Å². The van der Waals surface area contributed by atoms with E-state index in [0.29, 0.717) is 6.29 Å². The Balaban J connectivity index is 3.65. The summed E-state index contributed by atoms with van der Waals surface area (Å²) in [7, 11) is 0.0607. The molecule has 13 heavy (non-hydrogen) atoms. The quantitative estimate of drug-likeness (QED) is 0.157. The standard InChI is InChI=1S/C5H9N4O3P/c6-9-7-3-13-8-4(2-10)1-5(11)12/h2,4,8,13H,1,3H2,(H,11,12)/t4-/m0/s1. The Bertz CT molecular complexity index is 228. The molecule has 0 rings (SSSR count). The van der Waals surface area contributed by atoms with Gasteiger partial charge >= 0.3 is 5.97 Å². The van der Waals surface area contributed by atoms with Gasteiger partial charge in [-0.05, 0) is 14.3 Å². The van der Waals surface area contributed by atoms with Gasteiger partial charge in [-0.25, -0.2) is 0 Å². The van der Waals surface area contributed by atoms with Gasteiger partial charge < -0.3 is 9.90 Å². The van der Waals surface area contributed by atoms with Crippen molar-refractivity contribution in [3.05, 3.63) is 10.4 Å². The molecule has 0 saturated carbocycles. The molecule has 1 unspecified atom stereocenters. The summed E-state index contributed by atoms with van der Waals surface area (Å²) in [4.78, 5) is 23.0. The topological polar surface area (TPSA) is 115 Å². The number of carboxylic acid groups (broad SMARTS) is 1. The number of carbonyl (C=O) groups excluding carboxylic acids is 1. The maximum Gasteiger partial charge on any atom is 0.305 e. The molecule has 0 fully saturated rings. The third kappa shape index (κ3) is 7.21. The van der Waals surface area contributed by atoms with Gasteiger partial charge in [0.1, 0.15) is 6.29 Å². The molecule has 2 atom stereocenters. The van der Waals surface area contributed by atoms with E-state index in [1.54, 1.807) is 0 Å². The van der Waals surface area contributed by atoms with Gasteiger partial charge in [0, 0.05) is 4.91 Å². The van der Waals surface area contributed by atoms with Crippen molar-refractivity contribution in [3.8, 4) is 0 Å². The molecule has 0 radical (unpaired) electrons. The molecule has 0 aliphatic rings. The van der Waals surface area contributed by atoms with E-state index in [1.165, 1.54) is 0 Å². The Hall–Kier alpha value is -1.16. The van der Waals surface area contributed by atoms with Crippen LogP contribution in [0.15, 0.2) is 5.11 Å². The van der Waals surface area contributed by atoms with Crippen LogP contribution in [0.4, 0.5) is 0 Å². The zero-order valence-corrected chi connectivity index (χ0v) is 7.67. The molecule has 0 bridgehead atoms. The SMILES string of the molecule is [N-]=[N+]=NCPN[C@H](C=O)CC(=O)O. The van der Waals surface area contributed by atoms with Crippen LogP contribution in [0, 0.1) is 0 Å². The maximum atomic E-state index is 10.3. The van der Waals surface area contributed by atoms with Crippen LogP contribution in [0.5, 0.6) is 0 Å². The largest absolute Gasteiger partial charge is 0.481 e. The highest BCUT2D eigenvalue weighted by Gasteiger charge is 2.09. The lowest BCUT2D eigenvalue weighted by Gasteiger charge is -2.07. The molecule has 0 amide bonds. The van der Waals surface area contributed by atoms with E-state index in [0.717, 1.165) is 0 Å². The van der Waals surface area contributed by atoms with Crippen LogP contribution >= 0.6 is 8.73 Å². The minimum Gasteiger partial charge on any atom is -0.481 e. The van der Waals surface area contributed by atoms with Gasteiger partial charge in [0.05, 0.1) is 18.7 Å². The second-order valence-electron chi connectivity index (χ2n) is 2.05. The van der Waals surface area contributed by atoms with Crippen LogP contribution in [0.3, 0.4) is 0 Å². The van der Waals surface area contributed by atoms with Crippen molar-refractivity contribution >= 4 is 21.0 Å². The molecule has 0 saturated heterocycles. The van der Waals surface area contributed by atoms with E-state index in [2.05, 4.69) is 15.1 Å². The first-order chi connectivity index (χ1) is 6.20. The summed E-state index contributed by atoms with van der Waals surface area (Å²) >= 11 is 0. The second-order valence-corrected chi connectivity index (χ2v) is 3.01. The van der Waals surface area contributed by atoms with Crippen LogP contribution in [0.2, 0.25) is 0 Å². The molecule has 0 aliphatic carbocycles. The lowest BCUT2D eigenvalue weighted by molar-refractivity contribution is -0.138. The van der Waals surface area contributed by atoms with Crippen LogP contribution < -0.4 is 5.09 Å². The molecule has 0 aliphatic heterocycles. The number of azide groups is 1. The van der Waals surface area contributed by atoms with Crippen molar-refractivity contribution in [3.63, 3.8) is 0 Å². The summed E-state index contributed by atoms with van der Waals surface area (Å²) in [5.74, 6) is -1.04. The van der Waals surface area contributed by atoms with Gasteiger partial charge in [0.15, 0.2) is 0 Å². The Morgan fingerprint density at radius 1 is 1.85 bits per heavy atom. The van der Waals surface area contributed by atoms with E-state index < -0.39 is 12.0 Å². The predicted molar refractivity (Wildman–Crippen MR) is 47.6 cm³/mol. The van der Waals surface area contributed by atoms with E-state index in [-0.39, 0.29) is 21.4 Å². The van der Waals surface area contributed by atoms with Crippen LogP contribution in [-0.4, -0.2) is 29.7 Å². The average molecular weight is 204 g/mol. The van der Waals surface area contributed by atoms with E-state index >= 15 is 0 Å². The van der Waals surface area contributed by atoms with Crippen molar-refractivity contribution in [2.24, 2.45) is 5.11 Å². The van der Waals surface area contributed by atoms with E-state index in [1.807, 2.05) is 0 Å². The number of aldehydes is 1. The van der Waals surface area contributed by atoms with Gasteiger partial charge in [-0.1, -0.05) is 5.11 Å². The summed E-state index contributed by atoms with van der Waals surface area (Å²) < 4.78 is 0. The summed E-state index contributed by atoms with van der Waals surface area (Å²) in [5.41, 5.74) is 7.91. The average Bonchev–Trinajstić information content (AvgIpc) is 2.09. The van der Waals surface area contributed by atoms with E-state index in [4.69, 9.17) is 10.6 Å². The highest BCUT2D eigenvalue weighted by molar-refractivity contribution is 7.35. The van der Waals surface area contributed by atoms with Gasteiger partial charge in [-0.3, -0.25) is 9.88 Å². The van der Waals surface area contributed by atoms with Crippen molar-refractivity contribution in [1.82, 2.24) is 5.09 Å². The molecule has 0 aromatic carbocycles. The number of hydrogen-bond acceptors (Lipinski definition) is 4. The zero-order chi connectivity index (χ0) is 10.1. The number of carbonyl (C=O) groups is 2. The van der Waals surface area contributed by atoms with Gasteiger partial charge in [-0.2, -0.15) is 0 Å². The fourth-order valence-electron chi connectivity index (χ4n) is 0.565. The van der Waals surface area contributed by atoms with Crippen LogP contribution in [0.25, 0.3) is 10.4 Å². The third-order valence-electron chi connectivity index (χ3n) is 1.06. The molecule has 7 nitrogen and oxygen atoms in total. The molecule has 0 aromatic heterocycles. The Morgan fingerprint density at radius 3 is 3.00 bits per heavy atom.